The molecule has 3 rings (SSSR count). The second-order valence-corrected chi connectivity index (χ2v) is 6.36. The van der Waals surface area contributed by atoms with E-state index in [9.17, 15) is 4.79 Å². The number of hydrogen-bond donors (Lipinski definition) is 0. The Kier molecular flexibility index (Phi) is 4.81. The summed E-state index contributed by atoms with van der Waals surface area (Å²) >= 11 is 0. The molecule has 24 heavy (non-hydrogen) atoms. The van der Waals surface area contributed by atoms with E-state index in [1.54, 1.807) is 6.20 Å². The first kappa shape index (κ1) is 16.5. The van der Waals surface area contributed by atoms with Crippen LogP contribution in [0.15, 0.2) is 48.7 Å². The third kappa shape index (κ3) is 3.57. The Labute approximate surface area is 142 Å². The molecule has 5 heteroatoms. The number of carbonyl (C=O) groups is 1. The Hall–Kier alpha value is -2.40. The summed E-state index contributed by atoms with van der Waals surface area (Å²) in [4.78, 5) is 20.9. The predicted molar refractivity (Wildman–Crippen MR) is 94.2 cm³/mol. The number of morpholine rings is 1. The van der Waals surface area contributed by atoms with Crippen LogP contribution in [0.25, 0.3) is 0 Å². The highest BCUT2D eigenvalue weighted by Gasteiger charge is 2.29. The number of ether oxygens (including phenoxy) is 1. The number of rotatable bonds is 3. The maximum absolute atomic E-state index is 12.8. The van der Waals surface area contributed by atoms with Gasteiger partial charge in [-0.2, -0.15) is 0 Å². The Morgan fingerprint density at radius 1 is 1.17 bits per heavy atom. The quantitative estimate of drug-likeness (QED) is 0.870. The van der Waals surface area contributed by atoms with Crippen molar-refractivity contribution in [2.45, 2.75) is 19.1 Å². The average molecular weight is 325 g/mol. The third-order valence-electron chi connectivity index (χ3n) is 4.17. The maximum atomic E-state index is 12.8. The fraction of sp³-hybridized carbons (Fsp3) is 0.368. The molecule has 1 fully saturated rings. The number of pyridine rings is 1. The van der Waals surface area contributed by atoms with Gasteiger partial charge >= 0.3 is 0 Å². The van der Waals surface area contributed by atoms with Crippen molar-refractivity contribution in [3.05, 3.63) is 59.8 Å². The molecule has 2 unspecified atom stereocenters. The van der Waals surface area contributed by atoms with Crippen molar-refractivity contribution in [1.29, 1.82) is 0 Å². The van der Waals surface area contributed by atoms with E-state index in [0.29, 0.717) is 18.7 Å². The summed E-state index contributed by atoms with van der Waals surface area (Å²) in [6.07, 6.45) is 1.56. The van der Waals surface area contributed by atoms with Crippen LogP contribution in [-0.4, -0.2) is 49.1 Å². The second kappa shape index (κ2) is 7.01. The number of amides is 1. The van der Waals surface area contributed by atoms with Crippen LogP contribution < -0.4 is 4.90 Å². The van der Waals surface area contributed by atoms with Crippen LogP contribution in [0.4, 0.5) is 5.82 Å². The highest BCUT2D eigenvalue weighted by atomic mass is 16.5. The minimum Gasteiger partial charge on any atom is -0.367 e. The van der Waals surface area contributed by atoms with Gasteiger partial charge in [0.1, 0.15) is 11.9 Å². The summed E-state index contributed by atoms with van der Waals surface area (Å²) in [6.45, 7) is 3.16. The number of carbonyl (C=O) groups excluding carboxylic acids is 1. The summed E-state index contributed by atoms with van der Waals surface area (Å²) in [5, 5.41) is 0. The predicted octanol–water partition coefficient (Wildman–Crippen LogP) is 2.75. The Morgan fingerprint density at radius 2 is 1.92 bits per heavy atom. The lowest BCUT2D eigenvalue weighted by molar-refractivity contribution is -0.0691. The normalized spacial score (nSPS) is 20.7. The largest absolute Gasteiger partial charge is 0.367 e. The SMILES string of the molecule is CC1CN(C(=O)c2ccc(N(C)C)nc2)CC(c2ccccc2)O1. The Bertz CT molecular complexity index is 686. The van der Waals surface area contributed by atoms with Gasteiger partial charge in [0.25, 0.3) is 5.91 Å². The molecule has 1 saturated heterocycles. The molecule has 0 spiro atoms. The van der Waals surface area contributed by atoms with Crippen LogP contribution in [0.2, 0.25) is 0 Å². The molecular weight excluding hydrogens is 302 g/mol. The zero-order chi connectivity index (χ0) is 17.1. The molecule has 0 aliphatic carbocycles. The molecule has 1 aromatic heterocycles. The van der Waals surface area contributed by atoms with E-state index in [1.807, 2.05) is 73.3 Å². The fourth-order valence-electron chi connectivity index (χ4n) is 2.93. The molecule has 0 saturated carbocycles. The van der Waals surface area contributed by atoms with Gasteiger partial charge in [0, 0.05) is 26.8 Å². The number of hydrogen-bond acceptors (Lipinski definition) is 4. The lowest BCUT2D eigenvalue weighted by Gasteiger charge is -2.37. The molecule has 0 radical (unpaired) electrons. The van der Waals surface area contributed by atoms with Gasteiger partial charge in [0.2, 0.25) is 0 Å². The smallest absolute Gasteiger partial charge is 0.255 e. The molecule has 2 heterocycles. The van der Waals surface area contributed by atoms with Gasteiger partial charge in [-0.25, -0.2) is 4.98 Å². The maximum Gasteiger partial charge on any atom is 0.255 e. The number of anilines is 1. The van der Waals surface area contributed by atoms with E-state index < -0.39 is 0 Å². The van der Waals surface area contributed by atoms with Crippen molar-refractivity contribution >= 4 is 11.7 Å². The highest BCUT2D eigenvalue weighted by Crippen LogP contribution is 2.26. The van der Waals surface area contributed by atoms with E-state index in [4.69, 9.17) is 4.74 Å². The first-order chi connectivity index (χ1) is 11.5. The summed E-state index contributed by atoms with van der Waals surface area (Å²) < 4.78 is 6.02. The molecule has 1 aliphatic rings. The zero-order valence-electron chi connectivity index (χ0n) is 14.3. The lowest BCUT2D eigenvalue weighted by Crippen LogP contribution is -2.46. The molecule has 1 aliphatic heterocycles. The van der Waals surface area contributed by atoms with Crippen LogP contribution in [0.5, 0.6) is 0 Å². The molecular formula is C19H23N3O2. The van der Waals surface area contributed by atoms with Gasteiger partial charge in [-0.15, -0.1) is 0 Å². The van der Waals surface area contributed by atoms with Crippen molar-refractivity contribution in [2.24, 2.45) is 0 Å². The Morgan fingerprint density at radius 3 is 2.54 bits per heavy atom. The van der Waals surface area contributed by atoms with E-state index in [0.717, 1.165) is 11.4 Å². The lowest BCUT2D eigenvalue weighted by atomic mass is 10.1. The van der Waals surface area contributed by atoms with E-state index in [1.165, 1.54) is 0 Å². The van der Waals surface area contributed by atoms with Gasteiger partial charge in [-0.05, 0) is 24.6 Å². The van der Waals surface area contributed by atoms with Crippen molar-refractivity contribution in [2.75, 3.05) is 32.1 Å². The zero-order valence-corrected chi connectivity index (χ0v) is 14.3. The minimum atomic E-state index is -0.0899. The molecule has 126 valence electrons. The van der Waals surface area contributed by atoms with E-state index in [-0.39, 0.29) is 18.1 Å². The molecule has 2 aromatic rings. The van der Waals surface area contributed by atoms with Crippen molar-refractivity contribution in [3.63, 3.8) is 0 Å². The third-order valence-corrected chi connectivity index (χ3v) is 4.17. The fourth-order valence-corrected chi connectivity index (χ4v) is 2.93. The number of aromatic nitrogens is 1. The van der Waals surface area contributed by atoms with Crippen LogP contribution in [0, 0.1) is 0 Å². The summed E-state index contributed by atoms with van der Waals surface area (Å²) in [6, 6.07) is 13.8. The van der Waals surface area contributed by atoms with Crippen LogP contribution in [-0.2, 0) is 4.74 Å². The van der Waals surface area contributed by atoms with Crippen LogP contribution in [0.3, 0.4) is 0 Å². The van der Waals surface area contributed by atoms with Gasteiger partial charge < -0.3 is 14.5 Å². The number of benzene rings is 1. The molecule has 5 nitrogen and oxygen atoms in total. The summed E-state index contributed by atoms with van der Waals surface area (Å²) in [5.74, 6) is 0.841. The topological polar surface area (TPSA) is 45.7 Å². The van der Waals surface area contributed by atoms with Crippen molar-refractivity contribution in [3.8, 4) is 0 Å². The summed E-state index contributed by atoms with van der Waals surface area (Å²) in [5.41, 5.74) is 1.71. The molecule has 0 N–H and O–H groups in total. The molecule has 2 atom stereocenters. The van der Waals surface area contributed by atoms with Gasteiger partial charge in [-0.1, -0.05) is 30.3 Å². The minimum absolute atomic E-state index is 0.00177. The summed E-state index contributed by atoms with van der Waals surface area (Å²) in [7, 11) is 3.86. The Balaban J connectivity index is 1.76. The first-order valence-electron chi connectivity index (χ1n) is 8.17. The highest BCUT2D eigenvalue weighted by molar-refractivity contribution is 5.94. The van der Waals surface area contributed by atoms with E-state index in [2.05, 4.69) is 4.98 Å². The molecule has 1 amide bonds. The average Bonchev–Trinajstić information content (AvgIpc) is 2.61. The van der Waals surface area contributed by atoms with E-state index >= 15 is 0 Å². The van der Waals surface area contributed by atoms with Gasteiger partial charge in [0.05, 0.1) is 18.2 Å². The first-order valence-corrected chi connectivity index (χ1v) is 8.17. The second-order valence-electron chi connectivity index (χ2n) is 6.36. The number of nitrogens with zero attached hydrogens (tertiary/aromatic N) is 3. The van der Waals surface area contributed by atoms with Crippen LogP contribution >= 0.6 is 0 Å². The van der Waals surface area contributed by atoms with Crippen molar-refractivity contribution < 1.29 is 9.53 Å². The standard InChI is InChI=1S/C19H23N3O2/c1-14-12-22(13-17(24-14)15-7-5-4-6-8-15)19(23)16-9-10-18(20-11-16)21(2)3/h4-11,14,17H,12-13H2,1-3H3. The monoisotopic (exact) mass is 325 g/mol. The van der Waals surface area contributed by atoms with Crippen molar-refractivity contribution in [1.82, 2.24) is 9.88 Å². The van der Waals surface area contributed by atoms with Crippen LogP contribution in [0.1, 0.15) is 28.9 Å². The van der Waals surface area contributed by atoms with Gasteiger partial charge in [-0.3, -0.25) is 4.79 Å². The van der Waals surface area contributed by atoms with Gasteiger partial charge in [0.15, 0.2) is 0 Å². The molecule has 1 aromatic carbocycles. The molecule has 0 bridgehead atoms.